The molecule has 3 aromatic carbocycles. The van der Waals surface area contributed by atoms with Gasteiger partial charge in [-0.2, -0.15) is 0 Å². The summed E-state index contributed by atoms with van der Waals surface area (Å²) in [4.78, 5) is 44.4. The molecule has 0 aliphatic carbocycles. The Kier molecular flexibility index (Phi) is 23.9. The Balaban J connectivity index is 0.000000302. The maximum absolute atomic E-state index is 12.8. The molecule has 4 rings (SSSR count). The van der Waals surface area contributed by atoms with Crippen LogP contribution in [-0.2, 0) is 33.6 Å². The molecule has 1 aliphatic heterocycles. The standard InChI is InChI=1S/C19H29NO.C18H29NO.C15H23NO/c1-4-5-12-20-13-7-6-11-18(20)19(21)14-17-15(2)9-8-10-16(17)3;1-6-12-19(8-3)17(7-2)18(20)13-16-14(4)10-9-11-15(16)5;1-5-16(6-2)11-14(17)10-15-12(3)8-7-9-13(15)4/h8-10,18H,4-7,11-14H2,1-3H3;9-11,17H,6-8,12-13H2,1-5H3;7-9H,5-6,10-11H2,1-4H3/t18-;;/m0../s1. The Morgan fingerprint density at radius 2 is 1.12 bits per heavy atom. The first-order valence-electron chi connectivity index (χ1n) is 22.7. The third kappa shape index (κ3) is 16.3. The summed E-state index contributed by atoms with van der Waals surface area (Å²) in [5.41, 5.74) is 11.0. The van der Waals surface area contributed by atoms with E-state index in [0.29, 0.717) is 43.2 Å². The molecule has 3 aromatic rings. The van der Waals surface area contributed by atoms with E-state index in [1.165, 1.54) is 75.8 Å². The quantitative estimate of drug-likeness (QED) is 0.114. The summed E-state index contributed by atoms with van der Waals surface area (Å²) in [5, 5.41) is 0. The lowest BCUT2D eigenvalue weighted by Gasteiger charge is -2.35. The van der Waals surface area contributed by atoms with Crippen LogP contribution < -0.4 is 0 Å². The van der Waals surface area contributed by atoms with Gasteiger partial charge in [0.25, 0.3) is 0 Å². The molecule has 0 bridgehead atoms. The number of benzene rings is 3. The van der Waals surface area contributed by atoms with Crippen LogP contribution in [0.5, 0.6) is 0 Å². The van der Waals surface area contributed by atoms with Gasteiger partial charge in [-0.3, -0.25) is 29.1 Å². The van der Waals surface area contributed by atoms with E-state index in [-0.39, 0.29) is 12.1 Å². The topological polar surface area (TPSA) is 60.9 Å². The summed E-state index contributed by atoms with van der Waals surface area (Å²) < 4.78 is 0. The molecule has 6 heteroatoms. The summed E-state index contributed by atoms with van der Waals surface area (Å²) in [6.07, 6.45) is 9.63. The Hall–Kier alpha value is -3.45. The van der Waals surface area contributed by atoms with Crippen molar-refractivity contribution in [2.75, 3.05) is 45.8 Å². The monoisotopic (exact) mass is 796 g/mol. The summed E-state index contributed by atoms with van der Waals surface area (Å²) in [7, 11) is 0. The number of ketones is 3. The first kappa shape index (κ1) is 50.7. The second kappa shape index (κ2) is 27.3. The van der Waals surface area contributed by atoms with Gasteiger partial charge in [-0.05, 0) is 163 Å². The van der Waals surface area contributed by atoms with Gasteiger partial charge in [0.2, 0.25) is 0 Å². The third-order valence-corrected chi connectivity index (χ3v) is 12.2. The van der Waals surface area contributed by atoms with Crippen LogP contribution in [0.3, 0.4) is 0 Å². The van der Waals surface area contributed by atoms with Crippen molar-refractivity contribution < 1.29 is 14.4 Å². The summed E-state index contributed by atoms with van der Waals surface area (Å²) in [6, 6.07) is 19.0. The fourth-order valence-corrected chi connectivity index (χ4v) is 8.41. The maximum atomic E-state index is 12.8. The number of hydrogen-bond donors (Lipinski definition) is 0. The SMILES string of the molecule is CCCCN1CCCC[C@H]1C(=O)Cc1c(C)cccc1C.CCCN(CC)C(CC)C(=O)Cc1c(C)cccc1C.CCN(CC)CC(=O)Cc1c(C)cccc1C. The highest BCUT2D eigenvalue weighted by Crippen LogP contribution is 2.23. The average Bonchev–Trinajstić information content (AvgIpc) is 3.21. The molecule has 6 nitrogen and oxygen atoms in total. The molecule has 1 saturated heterocycles. The van der Waals surface area contributed by atoms with Crippen molar-refractivity contribution in [3.05, 3.63) is 105 Å². The van der Waals surface area contributed by atoms with Gasteiger partial charge in [0.15, 0.2) is 17.3 Å². The predicted molar refractivity (Wildman–Crippen MR) is 247 cm³/mol. The molecule has 0 radical (unpaired) electrons. The first-order chi connectivity index (χ1) is 27.8. The van der Waals surface area contributed by atoms with Crippen LogP contribution >= 0.6 is 0 Å². The minimum Gasteiger partial charge on any atom is -0.298 e. The normalized spacial score (nSPS) is 14.7. The molecular weight excluding hydrogens is 715 g/mol. The van der Waals surface area contributed by atoms with Crippen LogP contribution in [0.1, 0.15) is 137 Å². The number of likely N-dealkylation sites (N-methyl/N-ethyl adjacent to an activating group) is 2. The van der Waals surface area contributed by atoms with E-state index in [1.807, 2.05) is 6.07 Å². The zero-order chi connectivity index (χ0) is 43.2. The fraction of sp³-hybridized carbons (Fsp3) is 0.596. The number of aryl methyl sites for hydroxylation is 6. The molecule has 1 heterocycles. The van der Waals surface area contributed by atoms with Crippen molar-refractivity contribution in [3.63, 3.8) is 0 Å². The lowest BCUT2D eigenvalue weighted by atomic mass is 9.91. The van der Waals surface area contributed by atoms with Crippen molar-refractivity contribution in [2.24, 2.45) is 0 Å². The molecule has 1 fully saturated rings. The molecule has 322 valence electrons. The van der Waals surface area contributed by atoms with E-state index in [4.69, 9.17) is 0 Å². The van der Waals surface area contributed by atoms with Crippen molar-refractivity contribution in [1.82, 2.24) is 14.7 Å². The van der Waals surface area contributed by atoms with Crippen molar-refractivity contribution >= 4 is 17.3 Å². The van der Waals surface area contributed by atoms with Crippen molar-refractivity contribution in [1.29, 1.82) is 0 Å². The van der Waals surface area contributed by atoms with Crippen LogP contribution in [0.4, 0.5) is 0 Å². The van der Waals surface area contributed by atoms with E-state index < -0.39 is 0 Å². The van der Waals surface area contributed by atoms with Gasteiger partial charge in [-0.25, -0.2) is 0 Å². The Morgan fingerprint density at radius 1 is 0.638 bits per heavy atom. The molecule has 58 heavy (non-hydrogen) atoms. The number of rotatable bonds is 20. The highest BCUT2D eigenvalue weighted by atomic mass is 16.1. The number of carbonyl (C=O) groups is 3. The van der Waals surface area contributed by atoms with E-state index >= 15 is 0 Å². The summed E-state index contributed by atoms with van der Waals surface area (Å²) >= 11 is 0. The van der Waals surface area contributed by atoms with Crippen LogP contribution in [0.15, 0.2) is 54.6 Å². The molecule has 1 unspecified atom stereocenters. The number of piperidine rings is 1. The maximum Gasteiger partial charge on any atom is 0.154 e. The van der Waals surface area contributed by atoms with Crippen LogP contribution in [0.2, 0.25) is 0 Å². The lowest BCUT2D eigenvalue weighted by Crippen LogP contribution is -2.45. The second-order valence-electron chi connectivity index (χ2n) is 16.5. The Morgan fingerprint density at radius 3 is 1.55 bits per heavy atom. The minimum atomic E-state index is 0.0685. The summed E-state index contributed by atoms with van der Waals surface area (Å²) in [5.74, 6) is 1.09. The number of hydrogen-bond acceptors (Lipinski definition) is 6. The van der Waals surface area contributed by atoms with Gasteiger partial charge in [-0.15, -0.1) is 0 Å². The van der Waals surface area contributed by atoms with Crippen LogP contribution in [0, 0.1) is 41.5 Å². The number of unbranched alkanes of at least 4 members (excludes halogenated alkanes) is 1. The van der Waals surface area contributed by atoms with E-state index in [1.54, 1.807) is 0 Å². The van der Waals surface area contributed by atoms with Gasteiger partial charge >= 0.3 is 0 Å². The smallest absolute Gasteiger partial charge is 0.154 e. The summed E-state index contributed by atoms with van der Waals surface area (Å²) in [6.45, 7) is 32.0. The second-order valence-corrected chi connectivity index (χ2v) is 16.5. The van der Waals surface area contributed by atoms with Gasteiger partial charge in [0, 0.05) is 19.3 Å². The number of likely N-dealkylation sites (tertiary alicyclic amines) is 1. The molecule has 0 amide bonds. The van der Waals surface area contributed by atoms with Gasteiger partial charge in [-0.1, -0.05) is 109 Å². The molecule has 0 spiro atoms. The van der Waals surface area contributed by atoms with E-state index in [0.717, 1.165) is 58.5 Å². The van der Waals surface area contributed by atoms with Gasteiger partial charge in [0.05, 0.1) is 18.6 Å². The first-order valence-corrected chi connectivity index (χ1v) is 22.7. The van der Waals surface area contributed by atoms with Crippen LogP contribution in [0.25, 0.3) is 0 Å². The number of carbonyl (C=O) groups excluding carboxylic acids is 3. The molecule has 2 atom stereocenters. The van der Waals surface area contributed by atoms with Gasteiger partial charge in [0.1, 0.15) is 0 Å². The van der Waals surface area contributed by atoms with Gasteiger partial charge < -0.3 is 0 Å². The van der Waals surface area contributed by atoms with Crippen molar-refractivity contribution in [2.45, 2.75) is 159 Å². The highest BCUT2D eigenvalue weighted by molar-refractivity contribution is 5.87. The Labute approximate surface area is 355 Å². The Bertz CT molecular complexity index is 1630. The zero-order valence-corrected chi connectivity index (χ0v) is 38.9. The van der Waals surface area contributed by atoms with Crippen LogP contribution in [-0.4, -0.2) is 89.9 Å². The predicted octanol–water partition coefficient (Wildman–Crippen LogP) is 10.8. The lowest BCUT2D eigenvalue weighted by molar-refractivity contribution is -0.125. The van der Waals surface area contributed by atoms with E-state index in [9.17, 15) is 14.4 Å². The minimum absolute atomic E-state index is 0.0685. The number of nitrogens with zero attached hydrogens (tertiary/aromatic N) is 3. The molecule has 0 N–H and O–H groups in total. The average molecular weight is 796 g/mol. The molecule has 0 saturated carbocycles. The molecule has 1 aliphatic rings. The largest absolute Gasteiger partial charge is 0.298 e. The van der Waals surface area contributed by atoms with Crippen molar-refractivity contribution in [3.8, 4) is 0 Å². The molecule has 0 aromatic heterocycles. The number of Topliss-reactive ketones (excluding diaryl/α,β-unsaturated/α-hetero) is 3. The third-order valence-electron chi connectivity index (χ3n) is 12.2. The van der Waals surface area contributed by atoms with E-state index in [2.05, 4.69) is 146 Å². The molecular formula is C52H81N3O3. The fourth-order valence-electron chi connectivity index (χ4n) is 8.41. The highest BCUT2D eigenvalue weighted by Gasteiger charge is 2.28. The zero-order valence-electron chi connectivity index (χ0n) is 38.9.